The number of rotatable bonds is 9. The van der Waals surface area contributed by atoms with Gasteiger partial charge in [0, 0.05) is 12.1 Å². The van der Waals surface area contributed by atoms with Crippen molar-refractivity contribution < 1.29 is 9.53 Å². The van der Waals surface area contributed by atoms with E-state index in [0.717, 1.165) is 18.5 Å². The average Bonchev–Trinajstić information content (AvgIpc) is 2.43. The maximum Gasteiger partial charge on any atom is 0.224 e. The summed E-state index contributed by atoms with van der Waals surface area (Å²) in [7, 11) is 1.57. The normalized spacial score (nSPS) is 10.3. The summed E-state index contributed by atoms with van der Waals surface area (Å²) in [6.45, 7) is 2.20. The number of nitrogens with two attached hydrogens (primary N) is 1. The van der Waals surface area contributed by atoms with Crippen LogP contribution in [-0.4, -0.2) is 13.0 Å². The first kappa shape index (κ1) is 16.3. The highest BCUT2D eigenvalue weighted by molar-refractivity contribution is 5.91. The van der Waals surface area contributed by atoms with E-state index in [1.165, 1.54) is 25.7 Å². The van der Waals surface area contributed by atoms with Gasteiger partial charge in [0.25, 0.3) is 0 Å². The molecule has 0 aliphatic carbocycles. The number of unbranched alkanes of at least 4 members (excludes halogenated alkanes) is 5. The van der Waals surface area contributed by atoms with Gasteiger partial charge in [-0.3, -0.25) is 4.79 Å². The summed E-state index contributed by atoms with van der Waals surface area (Å²) in [5, 5.41) is 2.86. The quantitative estimate of drug-likeness (QED) is 0.530. The Morgan fingerprint density at radius 1 is 1.20 bits per heavy atom. The van der Waals surface area contributed by atoms with Crippen molar-refractivity contribution in [2.24, 2.45) is 0 Å². The number of carbonyl (C=O) groups excluding carboxylic acids is 1. The minimum atomic E-state index is 0.0464. The molecule has 0 unspecified atom stereocenters. The zero-order valence-electron chi connectivity index (χ0n) is 12.6. The molecule has 0 spiro atoms. The van der Waals surface area contributed by atoms with Crippen molar-refractivity contribution in [3.05, 3.63) is 18.2 Å². The summed E-state index contributed by atoms with van der Waals surface area (Å²) in [5.74, 6) is 0.670. The van der Waals surface area contributed by atoms with Crippen LogP contribution in [0, 0.1) is 0 Å². The molecule has 0 radical (unpaired) electrons. The van der Waals surface area contributed by atoms with Gasteiger partial charge in [-0.1, -0.05) is 39.0 Å². The van der Waals surface area contributed by atoms with Crippen LogP contribution in [0.2, 0.25) is 0 Å². The van der Waals surface area contributed by atoms with Crippen LogP contribution in [0.4, 0.5) is 11.4 Å². The first-order valence-electron chi connectivity index (χ1n) is 7.40. The molecule has 1 rings (SSSR count). The van der Waals surface area contributed by atoms with Crippen LogP contribution in [0.1, 0.15) is 51.9 Å². The Labute approximate surface area is 121 Å². The number of nitrogen functional groups attached to an aromatic ring is 1. The molecule has 0 bridgehead atoms. The summed E-state index contributed by atoms with van der Waals surface area (Å²) >= 11 is 0. The van der Waals surface area contributed by atoms with Crippen molar-refractivity contribution in [1.29, 1.82) is 0 Å². The fourth-order valence-electron chi connectivity index (χ4n) is 2.10. The van der Waals surface area contributed by atoms with E-state index in [2.05, 4.69) is 12.2 Å². The van der Waals surface area contributed by atoms with E-state index in [9.17, 15) is 4.79 Å². The molecule has 4 heteroatoms. The molecule has 0 saturated carbocycles. The molecule has 0 aromatic heterocycles. The van der Waals surface area contributed by atoms with Crippen molar-refractivity contribution in [3.8, 4) is 5.75 Å². The molecule has 1 amide bonds. The monoisotopic (exact) mass is 278 g/mol. The number of carbonyl (C=O) groups is 1. The molecule has 4 nitrogen and oxygen atoms in total. The molecule has 1 aromatic rings. The van der Waals surface area contributed by atoms with E-state index in [1.54, 1.807) is 25.3 Å². The highest BCUT2D eigenvalue weighted by Gasteiger charge is 2.05. The Bertz CT molecular complexity index is 419. The number of methoxy groups -OCH3 is 1. The second kappa shape index (κ2) is 9.23. The maximum atomic E-state index is 11.8. The Balaban J connectivity index is 2.26. The fourth-order valence-corrected chi connectivity index (χ4v) is 2.10. The van der Waals surface area contributed by atoms with Gasteiger partial charge in [0.05, 0.1) is 12.8 Å². The van der Waals surface area contributed by atoms with Crippen LogP contribution in [0.5, 0.6) is 5.75 Å². The molecule has 1 aromatic carbocycles. The molecule has 0 aliphatic rings. The molecule has 0 heterocycles. The maximum absolute atomic E-state index is 11.8. The van der Waals surface area contributed by atoms with Crippen molar-refractivity contribution >= 4 is 17.3 Å². The van der Waals surface area contributed by atoms with Crippen LogP contribution in [0.25, 0.3) is 0 Å². The molecule has 20 heavy (non-hydrogen) atoms. The van der Waals surface area contributed by atoms with Crippen LogP contribution in [0.15, 0.2) is 18.2 Å². The molecule has 0 atom stereocenters. The molecule has 3 N–H and O–H groups in total. The first-order chi connectivity index (χ1) is 9.67. The largest absolute Gasteiger partial charge is 0.495 e. The minimum absolute atomic E-state index is 0.0464. The predicted octanol–water partition coefficient (Wildman–Crippen LogP) is 3.97. The number of ether oxygens (including phenoxy) is 1. The van der Waals surface area contributed by atoms with Crippen molar-refractivity contribution in [2.45, 2.75) is 51.9 Å². The molecular formula is C16H26N2O2. The number of hydrogen-bond acceptors (Lipinski definition) is 3. The van der Waals surface area contributed by atoms with Crippen LogP contribution < -0.4 is 15.8 Å². The van der Waals surface area contributed by atoms with Gasteiger partial charge >= 0.3 is 0 Å². The minimum Gasteiger partial charge on any atom is -0.495 e. The summed E-state index contributed by atoms with van der Waals surface area (Å²) < 4.78 is 5.08. The summed E-state index contributed by atoms with van der Waals surface area (Å²) in [6.07, 6.45) is 7.66. The number of amides is 1. The van der Waals surface area contributed by atoms with Gasteiger partial charge < -0.3 is 15.8 Å². The van der Waals surface area contributed by atoms with Crippen molar-refractivity contribution in [3.63, 3.8) is 0 Å². The molecule has 112 valence electrons. The zero-order chi connectivity index (χ0) is 14.8. The topological polar surface area (TPSA) is 64.3 Å². The van der Waals surface area contributed by atoms with Gasteiger partial charge in [0.2, 0.25) is 5.91 Å². The van der Waals surface area contributed by atoms with Gasteiger partial charge in [-0.15, -0.1) is 0 Å². The number of hydrogen-bond donors (Lipinski definition) is 2. The highest BCUT2D eigenvalue weighted by atomic mass is 16.5. The van der Waals surface area contributed by atoms with Gasteiger partial charge in [-0.05, 0) is 24.6 Å². The van der Waals surface area contributed by atoms with E-state index in [1.807, 2.05) is 0 Å². The second-order valence-electron chi connectivity index (χ2n) is 5.02. The third kappa shape index (κ3) is 5.95. The number of benzene rings is 1. The lowest BCUT2D eigenvalue weighted by Crippen LogP contribution is -2.11. The Morgan fingerprint density at radius 2 is 1.90 bits per heavy atom. The average molecular weight is 278 g/mol. The molecule has 0 fully saturated rings. The van der Waals surface area contributed by atoms with E-state index in [-0.39, 0.29) is 5.91 Å². The molecule has 0 saturated heterocycles. The fraction of sp³-hybridized carbons (Fsp3) is 0.562. The third-order valence-electron chi connectivity index (χ3n) is 3.27. The first-order valence-corrected chi connectivity index (χ1v) is 7.40. The summed E-state index contributed by atoms with van der Waals surface area (Å²) in [6, 6.07) is 5.28. The third-order valence-corrected chi connectivity index (χ3v) is 3.27. The lowest BCUT2D eigenvalue weighted by Gasteiger charge is -2.08. The van der Waals surface area contributed by atoms with Crippen LogP contribution >= 0.6 is 0 Å². The zero-order valence-corrected chi connectivity index (χ0v) is 12.6. The smallest absolute Gasteiger partial charge is 0.224 e. The van der Waals surface area contributed by atoms with Crippen molar-refractivity contribution in [1.82, 2.24) is 0 Å². The Hall–Kier alpha value is -1.71. The lowest BCUT2D eigenvalue weighted by atomic mass is 10.1. The van der Waals surface area contributed by atoms with Crippen molar-refractivity contribution in [2.75, 3.05) is 18.2 Å². The number of nitrogens with one attached hydrogen (secondary N) is 1. The Morgan fingerprint density at radius 3 is 2.55 bits per heavy atom. The van der Waals surface area contributed by atoms with Gasteiger partial charge in [0.15, 0.2) is 0 Å². The SMILES string of the molecule is CCCCCCCCC(=O)Nc1ccc(OC)c(N)c1. The highest BCUT2D eigenvalue weighted by Crippen LogP contribution is 2.24. The second-order valence-corrected chi connectivity index (χ2v) is 5.02. The van der Waals surface area contributed by atoms with E-state index >= 15 is 0 Å². The van der Waals surface area contributed by atoms with E-state index in [4.69, 9.17) is 10.5 Å². The van der Waals surface area contributed by atoms with Crippen LogP contribution in [0.3, 0.4) is 0 Å². The lowest BCUT2D eigenvalue weighted by molar-refractivity contribution is -0.116. The van der Waals surface area contributed by atoms with E-state index in [0.29, 0.717) is 17.9 Å². The van der Waals surface area contributed by atoms with Gasteiger partial charge in [-0.25, -0.2) is 0 Å². The van der Waals surface area contributed by atoms with Crippen LogP contribution in [-0.2, 0) is 4.79 Å². The standard InChI is InChI=1S/C16H26N2O2/c1-3-4-5-6-7-8-9-16(19)18-13-10-11-15(20-2)14(17)12-13/h10-12H,3-9,17H2,1-2H3,(H,18,19). The Kier molecular flexibility index (Phi) is 7.55. The van der Waals surface area contributed by atoms with Gasteiger partial charge in [0.1, 0.15) is 5.75 Å². The molecular weight excluding hydrogens is 252 g/mol. The predicted molar refractivity (Wildman–Crippen MR) is 84.0 cm³/mol. The summed E-state index contributed by atoms with van der Waals surface area (Å²) in [4.78, 5) is 11.8. The van der Waals surface area contributed by atoms with E-state index < -0.39 is 0 Å². The van der Waals surface area contributed by atoms with Gasteiger partial charge in [-0.2, -0.15) is 0 Å². The number of anilines is 2. The molecule has 0 aliphatic heterocycles. The summed E-state index contributed by atoms with van der Waals surface area (Å²) in [5.41, 5.74) is 7.05.